The summed E-state index contributed by atoms with van der Waals surface area (Å²) in [6, 6.07) is 0.191. The van der Waals surface area contributed by atoms with Crippen molar-refractivity contribution in [1.29, 1.82) is 0 Å². The summed E-state index contributed by atoms with van der Waals surface area (Å²) in [6.07, 6.45) is 4.39. The molecular formula is C11H21NO2S2. The van der Waals surface area contributed by atoms with Gasteiger partial charge in [-0.25, -0.2) is 8.42 Å². The Balaban J connectivity index is 1.81. The first-order valence-corrected chi connectivity index (χ1v) is 8.88. The van der Waals surface area contributed by atoms with Gasteiger partial charge in [-0.15, -0.1) is 0 Å². The quantitative estimate of drug-likeness (QED) is 0.837. The van der Waals surface area contributed by atoms with Crippen LogP contribution in [-0.4, -0.2) is 43.0 Å². The topological polar surface area (TPSA) is 46.2 Å². The molecule has 16 heavy (non-hydrogen) atoms. The Morgan fingerprint density at radius 1 is 1.44 bits per heavy atom. The molecule has 2 unspecified atom stereocenters. The number of nitrogens with one attached hydrogen (secondary N) is 1. The van der Waals surface area contributed by atoms with E-state index in [0.29, 0.717) is 16.3 Å². The van der Waals surface area contributed by atoms with Gasteiger partial charge in [0.2, 0.25) is 0 Å². The summed E-state index contributed by atoms with van der Waals surface area (Å²) in [7, 11) is -2.77. The highest BCUT2D eigenvalue weighted by Crippen LogP contribution is 2.37. The van der Waals surface area contributed by atoms with E-state index in [0.717, 1.165) is 19.4 Å². The van der Waals surface area contributed by atoms with Gasteiger partial charge in [-0.3, -0.25) is 0 Å². The van der Waals surface area contributed by atoms with Gasteiger partial charge in [-0.1, -0.05) is 0 Å². The largest absolute Gasteiger partial charge is 0.312 e. The maximum atomic E-state index is 11.5. The predicted molar refractivity (Wildman–Crippen MR) is 69.8 cm³/mol. The van der Waals surface area contributed by atoms with Gasteiger partial charge in [-0.2, -0.15) is 11.8 Å². The van der Waals surface area contributed by atoms with Crippen molar-refractivity contribution in [2.75, 3.05) is 23.8 Å². The molecule has 0 aromatic carbocycles. The van der Waals surface area contributed by atoms with E-state index in [4.69, 9.17) is 0 Å². The van der Waals surface area contributed by atoms with Crippen LogP contribution in [0.4, 0.5) is 0 Å². The van der Waals surface area contributed by atoms with Crippen LogP contribution in [-0.2, 0) is 9.84 Å². The van der Waals surface area contributed by atoms with E-state index in [-0.39, 0.29) is 6.04 Å². The van der Waals surface area contributed by atoms with E-state index < -0.39 is 9.84 Å². The molecular weight excluding hydrogens is 242 g/mol. The van der Waals surface area contributed by atoms with Crippen molar-refractivity contribution in [1.82, 2.24) is 5.32 Å². The number of sulfone groups is 1. The number of hydrogen-bond donors (Lipinski definition) is 1. The Morgan fingerprint density at radius 3 is 2.88 bits per heavy atom. The molecule has 2 aliphatic rings. The Hall–Kier alpha value is 0.260. The van der Waals surface area contributed by atoms with Gasteiger partial charge in [-0.05, 0) is 38.4 Å². The van der Waals surface area contributed by atoms with Crippen molar-refractivity contribution >= 4 is 21.6 Å². The fourth-order valence-corrected chi connectivity index (χ4v) is 5.45. The molecule has 2 aliphatic heterocycles. The lowest BCUT2D eigenvalue weighted by Crippen LogP contribution is -2.45. The van der Waals surface area contributed by atoms with Gasteiger partial charge in [0.15, 0.2) is 9.84 Å². The van der Waals surface area contributed by atoms with Crippen LogP contribution in [0.1, 0.15) is 32.6 Å². The van der Waals surface area contributed by atoms with Crippen LogP contribution in [0.3, 0.4) is 0 Å². The zero-order chi connectivity index (χ0) is 11.6. The fraction of sp³-hybridized carbons (Fsp3) is 1.00. The maximum Gasteiger partial charge on any atom is 0.151 e. The Kier molecular flexibility index (Phi) is 3.86. The van der Waals surface area contributed by atoms with Crippen molar-refractivity contribution in [3.63, 3.8) is 0 Å². The third kappa shape index (κ3) is 3.37. The van der Waals surface area contributed by atoms with Gasteiger partial charge in [0.05, 0.1) is 11.5 Å². The summed E-state index contributed by atoms with van der Waals surface area (Å²) in [6.45, 7) is 3.24. The van der Waals surface area contributed by atoms with Gasteiger partial charge < -0.3 is 5.32 Å². The standard InChI is InChI=1S/C11H21NO2S2/c1-11(5-3-6-15-11)9-12-10-4-2-7-16(13,14)8-10/h10,12H,2-9H2,1H3. The van der Waals surface area contributed by atoms with Crippen molar-refractivity contribution in [2.45, 2.75) is 43.4 Å². The first kappa shape index (κ1) is 12.7. The molecule has 1 N–H and O–H groups in total. The van der Waals surface area contributed by atoms with E-state index in [1.807, 2.05) is 11.8 Å². The first-order chi connectivity index (χ1) is 7.49. The third-order valence-electron chi connectivity index (χ3n) is 3.53. The Morgan fingerprint density at radius 2 is 2.25 bits per heavy atom. The molecule has 2 saturated heterocycles. The fourth-order valence-electron chi connectivity index (χ4n) is 2.52. The van der Waals surface area contributed by atoms with Crippen LogP contribution in [0.2, 0.25) is 0 Å². The molecule has 0 amide bonds. The van der Waals surface area contributed by atoms with Crippen LogP contribution in [0.15, 0.2) is 0 Å². The second-order valence-electron chi connectivity index (χ2n) is 5.24. The molecule has 0 spiro atoms. The summed E-state index contributed by atoms with van der Waals surface area (Å²) >= 11 is 2.02. The molecule has 2 atom stereocenters. The van der Waals surface area contributed by atoms with Crippen LogP contribution >= 0.6 is 11.8 Å². The van der Waals surface area contributed by atoms with Crippen molar-refractivity contribution in [3.8, 4) is 0 Å². The second-order valence-corrected chi connectivity index (χ2v) is 9.15. The zero-order valence-electron chi connectivity index (χ0n) is 9.87. The SMILES string of the molecule is CC1(CNC2CCCS(=O)(=O)C2)CCCS1. The lowest BCUT2D eigenvalue weighted by Gasteiger charge is -2.29. The van der Waals surface area contributed by atoms with Crippen LogP contribution in [0.25, 0.3) is 0 Å². The number of thioether (sulfide) groups is 1. The lowest BCUT2D eigenvalue weighted by atomic mass is 10.0. The smallest absolute Gasteiger partial charge is 0.151 e. The van der Waals surface area contributed by atoms with E-state index in [1.165, 1.54) is 18.6 Å². The summed E-state index contributed by atoms with van der Waals surface area (Å²) in [5.41, 5.74) is 0. The summed E-state index contributed by atoms with van der Waals surface area (Å²) in [4.78, 5) is 0. The predicted octanol–water partition coefficient (Wildman–Crippen LogP) is 1.44. The molecule has 0 bridgehead atoms. The first-order valence-electron chi connectivity index (χ1n) is 6.07. The van der Waals surface area contributed by atoms with Crippen molar-refractivity contribution < 1.29 is 8.42 Å². The third-order valence-corrected chi connectivity index (χ3v) is 6.89. The highest BCUT2D eigenvalue weighted by atomic mass is 32.2. The highest BCUT2D eigenvalue weighted by molar-refractivity contribution is 8.00. The highest BCUT2D eigenvalue weighted by Gasteiger charge is 2.31. The van der Waals surface area contributed by atoms with Gasteiger partial charge in [0.1, 0.15) is 0 Å². The second kappa shape index (κ2) is 4.86. The average Bonchev–Trinajstić information content (AvgIpc) is 2.62. The molecule has 94 valence electrons. The maximum absolute atomic E-state index is 11.5. The van der Waals surface area contributed by atoms with E-state index in [2.05, 4.69) is 12.2 Å². The minimum atomic E-state index is -2.77. The normalized spacial score (nSPS) is 38.7. The molecule has 3 nitrogen and oxygen atoms in total. The average molecular weight is 263 g/mol. The van der Waals surface area contributed by atoms with Crippen LogP contribution < -0.4 is 5.32 Å². The van der Waals surface area contributed by atoms with Gasteiger partial charge in [0, 0.05) is 17.3 Å². The van der Waals surface area contributed by atoms with E-state index in [9.17, 15) is 8.42 Å². The van der Waals surface area contributed by atoms with Crippen LogP contribution in [0, 0.1) is 0 Å². The Labute approximate surface area is 103 Å². The minimum Gasteiger partial charge on any atom is -0.312 e. The van der Waals surface area contributed by atoms with E-state index >= 15 is 0 Å². The minimum absolute atomic E-state index is 0.191. The molecule has 0 aromatic heterocycles. The number of rotatable bonds is 3. The number of hydrogen-bond acceptors (Lipinski definition) is 4. The summed E-state index contributed by atoms with van der Waals surface area (Å²) < 4.78 is 23.3. The lowest BCUT2D eigenvalue weighted by molar-refractivity contribution is 0.445. The molecule has 5 heteroatoms. The van der Waals surface area contributed by atoms with Crippen molar-refractivity contribution in [3.05, 3.63) is 0 Å². The summed E-state index contributed by atoms with van der Waals surface area (Å²) in [5, 5.41) is 3.46. The zero-order valence-corrected chi connectivity index (χ0v) is 11.5. The van der Waals surface area contributed by atoms with Crippen molar-refractivity contribution in [2.24, 2.45) is 0 Å². The van der Waals surface area contributed by atoms with Gasteiger partial charge >= 0.3 is 0 Å². The Bertz CT molecular complexity index is 334. The molecule has 2 heterocycles. The monoisotopic (exact) mass is 263 g/mol. The molecule has 0 aromatic rings. The molecule has 2 fully saturated rings. The molecule has 0 saturated carbocycles. The molecule has 2 rings (SSSR count). The molecule has 0 aliphatic carbocycles. The van der Waals surface area contributed by atoms with Crippen LogP contribution in [0.5, 0.6) is 0 Å². The summed E-state index contributed by atoms with van der Waals surface area (Å²) in [5.74, 6) is 1.98. The van der Waals surface area contributed by atoms with Gasteiger partial charge in [0.25, 0.3) is 0 Å². The molecule has 0 radical (unpaired) electrons. The van der Waals surface area contributed by atoms with E-state index in [1.54, 1.807) is 0 Å².